The van der Waals surface area contributed by atoms with Crippen LogP contribution in [0.15, 0.2) is 24.3 Å². The molecule has 0 aliphatic rings. The van der Waals surface area contributed by atoms with E-state index in [2.05, 4.69) is 0 Å². The van der Waals surface area contributed by atoms with Crippen molar-refractivity contribution in [2.24, 2.45) is 5.73 Å². The smallest absolute Gasteiger partial charge is 0.137 e. The summed E-state index contributed by atoms with van der Waals surface area (Å²) in [6, 6.07) is 6.58. The van der Waals surface area contributed by atoms with E-state index < -0.39 is 6.17 Å². The first-order chi connectivity index (χ1) is 5.24. The fourth-order valence-electron chi connectivity index (χ4n) is 0.808. The second-order valence-electron chi connectivity index (χ2n) is 2.25. The van der Waals surface area contributed by atoms with E-state index in [0.29, 0.717) is 10.6 Å². The molecule has 60 valence electrons. The molecule has 0 spiro atoms. The van der Waals surface area contributed by atoms with Crippen molar-refractivity contribution in [1.29, 1.82) is 0 Å². The van der Waals surface area contributed by atoms with Crippen molar-refractivity contribution >= 4 is 11.6 Å². The van der Waals surface area contributed by atoms with Crippen molar-refractivity contribution in [3.8, 4) is 0 Å². The monoisotopic (exact) mass is 173 g/mol. The Balaban J connectivity index is 2.81. The summed E-state index contributed by atoms with van der Waals surface area (Å²) in [6.45, 7) is 0.0155. The molecule has 1 nitrogen and oxygen atoms in total. The maximum absolute atomic E-state index is 12.8. The molecule has 0 saturated heterocycles. The van der Waals surface area contributed by atoms with E-state index in [1.165, 1.54) is 0 Å². The quantitative estimate of drug-likeness (QED) is 0.730. The minimum absolute atomic E-state index is 0.0155. The van der Waals surface area contributed by atoms with E-state index in [9.17, 15) is 4.39 Å². The molecule has 0 aliphatic carbocycles. The summed E-state index contributed by atoms with van der Waals surface area (Å²) in [6.07, 6.45) is -1.08. The van der Waals surface area contributed by atoms with Gasteiger partial charge in [-0.1, -0.05) is 23.7 Å². The molecule has 0 aromatic heterocycles. The van der Waals surface area contributed by atoms with E-state index >= 15 is 0 Å². The van der Waals surface area contributed by atoms with Crippen molar-refractivity contribution in [1.82, 2.24) is 0 Å². The molecule has 0 bridgehead atoms. The molecule has 0 fully saturated rings. The van der Waals surface area contributed by atoms with Gasteiger partial charge in [-0.25, -0.2) is 4.39 Å². The fraction of sp³-hybridized carbons (Fsp3) is 0.250. The van der Waals surface area contributed by atoms with E-state index in [1.54, 1.807) is 24.3 Å². The summed E-state index contributed by atoms with van der Waals surface area (Å²) < 4.78 is 12.8. The third-order valence-corrected chi connectivity index (χ3v) is 1.69. The highest BCUT2D eigenvalue weighted by Gasteiger charge is 2.05. The van der Waals surface area contributed by atoms with E-state index in [-0.39, 0.29) is 6.54 Å². The lowest BCUT2D eigenvalue weighted by atomic mass is 10.1. The SMILES string of the molecule is NC[C@H](F)c1ccc(Cl)cc1. The molecule has 1 atom stereocenters. The third-order valence-electron chi connectivity index (χ3n) is 1.44. The predicted octanol–water partition coefficient (Wildman–Crippen LogP) is 2.31. The van der Waals surface area contributed by atoms with Gasteiger partial charge >= 0.3 is 0 Å². The van der Waals surface area contributed by atoms with Gasteiger partial charge in [0.2, 0.25) is 0 Å². The van der Waals surface area contributed by atoms with Crippen molar-refractivity contribution < 1.29 is 4.39 Å². The average molecular weight is 174 g/mol. The minimum Gasteiger partial charge on any atom is -0.327 e. The number of benzene rings is 1. The first kappa shape index (κ1) is 8.50. The number of nitrogens with two attached hydrogens (primary N) is 1. The van der Waals surface area contributed by atoms with Crippen molar-refractivity contribution in [2.45, 2.75) is 6.17 Å². The highest BCUT2D eigenvalue weighted by molar-refractivity contribution is 6.30. The number of halogens is 2. The van der Waals surface area contributed by atoms with Crippen LogP contribution in [0, 0.1) is 0 Å². The Labute approximate surface area is 70.0 Å². The van der Waals surface area contributed by atoms with Crippen LogP contribution in [-0.2, 0) is 0 Å². The van der Waals surface area contributed by atoms with Crippen molar-refractivity contribution in [2.75, 3.05) is 6.54 Å². The Morgan fingerprint density at radius 3 is 2.36 bits per heavy atom. The second-order valence-corrected chi connectivity index (χ2v) is 2.69. The number of hydrogen-bond donors (Lipinski definition) is 1. The average Bonchev–Trinajstić information content (AvgIpc) is 2.05. The second kappa shape index (κ2) is 3.69. The summed E-state index contributed by atoms with van der Waals surface area (Å²) in [7, 11) is 0. The number of hydrogen-bond acceptors (Lipinski definition) is 1. The van der Waals surface area contributed by atoms with Gasteiger partial charge in [0.1, 0.15) is 6.17 Å². The third kappa shape index (κ3) is 2.17. The van der Waals surface area contributed by atoms with Crippen molar-refractivity contribution in [3.05, 3.63) is 34.9 Å². The summed E-state index contributed by atoms with van der Waals surface area (Å²) in [5, 5.41) is 0.609. The van der Waals surface area contributed by atoms with Crippen LogP contribution in [0.25, 0.3) is 0 Å². The van der Waals surface area contributed by atoms with Gasteiger partial charge in [0.05, 0.1) is 0 Å². The van der Waals surface area contributed by atoms with Gasteiger partial charge in [0.15, 0.2) is 0 Å². The Morgan fingerprint density at radius 2 is 1.91 bits per heavy atom. The van der Waals surface area contributed by atoms with E-state index in [1.807, 2.05) is 0 Å². The van der Waals surface area contributed by atoms with Gasteiger partial charge in [-0.05, 0) is 17.7 Å². The normalized spacial score (nSPS) is 13.0. The topological polar surface area (TPSA) is 26.0 Å². The molecule has 0 radical (unpaired) electrons. The maximum Gasteiger partial charge on any atom is 0.137 e. The van der Waals surface area contributed by atoms with Crippen LogP contribution in [0.3, 0.4) is 0 Å². The molecule has 1 rings (SSSR count). The molecule has 0 saturated carbocycles. The standard InChI is InChI=1S/C8H9ClFN/c9-7-3-1-6(2-4-7)8(10)5-11/h1-4,8H,5,11H2/t8-/m0/s1. The van der Waals surface area contributed by atoms with Crippen LogP contribution in [0.2, 0.25) is 5.02 Å². The first-order valence-corrected chi connectivity index (χ1v) is 3.71. The van der Waals surface area contributed by atoms with Crippen molar-refractivity contribution in [3.63, 3.8) is 0 Å². The van der Waals surface area contributed by atoms with Gasteiger partial charge in [-0.15, -0.1) is 0 Å². The molecule has 11 heavy (non-hydrogen) atoms. The Bertz CT molecular complexity index is 222. The van der Waals surface area contributed by atoms with Crippen LogP contribution in [-0.4, -0.2) is 6.54 Å². The van der Waals surface area contributed by atoms with Crippen LogP contribution in [0.1, 0.15) is 11.7 Å². The first-order valence-electron chi connectivity index (χ1n) is 3.33. The van der Waals surface area contributed by atoms with E-state index in [0.717, 1.165) is 0 Å². The van der Waals surface area contributed by atoms with Gasteiger partial charge in [0.25, 0.3) is 0 Å². The molecular formula is C8H9ClFN. The molecule has 0 aliphatic heterocycles. The minimum atomic E-state index is -1.08. The summed E-state index contributed by atoms with van der Waals surface area (Å²) >= 11 is 5.61. The van der Waals surface area contributed by atoms with Gasteiger partial charge in [0, 0.05) is 11.6 Å². The Hall–Kier alpha value is -0.600. The zero-order chi connectivity index (χ0) is 8.27. The zero-order valence-electron chi connectivity index (χ0n) is 5.93. The molecular weight excluding hydrogens is 165 g/mol. The largest absolute Gasteiger partial charge is 0.327 e. The van der Waals surface area contributed by atoms with Crippen LogP contribution in [0.5, 0.6) is 0 Å². The molecule has 3 heteroatoms. The maximum atomic E-state index is 12.8. The number of alkyl halides is 1. The highest BCUT2D eigenvalue weighted by atomic mass is 35.5. The van der Waals surface area contributed by atoms with Crippen LogP contribution in [0.4, 0.5) is 4.39 Å². The summed E-state index contributed by atoms with van der Waals surface area (Å²) in [4.78, 5) is 0. The van der Waals surface area contributed by atoms with E-state index in [4.69, 9.17) is 17.3 Å². The highest BCUT2D eigenvalue weighted by Crippen LogP contribution is 2.17. The Morgan fingerprint density at radius 1 is 1.36 bits per heavy atom. The summed E-state index contributed by atoms with van der Waals surface area (Å²) in [5.74, 6) is 0. The molecule has 2 N–H and O–H groups in total. The molecule has 0 heterocycles. The zero-order valence-corrected chi connectivity index (χ0v) is 6.68. The lowest BCUT2D eigenvalue weighted by Gasteiger charge is -2.03. The Kier molecular flexibility index (Phi) is 2.85. The molecule has 0 amide bonds. The van der Waals surface area contributed by atoms with Gasteiger partial charge < -0.3 is 5.73 Å². The molecule has 0 unspecified atom stereocenters. The lowest BCUT2D eigenvalue weighted by Crippen LogP contribution is -2.07. The van der Waals surface area contributed by atoms with Gasteiger partial charge in [-0.2, -0.15) is 0 Å². The lowest BCUT2D eigenvalue weighted by molar-refractivity contribution is 0.353. The van der Waals surface area contributed by atoms with Crippen LogP contribution < -0.4 is 5.73 Å². The molecule has 1 aromatic rings. The molecule has 1 aromatic carbocycles. The van der Waals surface area contributed by atoms with Crippen LogP contribution >= 0.6 is 11.6 Å². The summed E-state index contributed by atoms with van der Waals surface area (Å²) in [5.41, 5.74) is 5.71. The van der Waals surface area contributed by atoms with Gasteiger partial charge in [-0.3, -0.25) is 0 Å². The predicted molar refractivity (Wildman–Crippen MR) is 44.4 cm³/mol. The number of rotatable bonds is 2. The fourth-order valence-corrected chi connectivity index (χ4v) is 0.934.